The predicted molar refractivity (Wildman–Crippen MR) is 96.4 cm³/mol. The summed E-state index contributed by atoms with van der Waals surface area (Å²) < 4.78 is 0. The molecule has 25 heavy (non-hydrogen) atoms. The zero-order valence-electron chi connectivity index (χ0n) is 14.3. The molecule has 1 aromatic heterocycles. The minimum Gasteiger partial charge on any atom is -0.357 e. The SMILES string of the molecule is O=C1CC(c2ccc(-c3c[nH]c(C(=O)N4CCCCC4)c3)cc2)CN1. The van der Waals surface area contributed by atoms with Crippen molar-refractivity contribution in [2.45, 2.75) is 31.6 Å². The fourth-order valence-electron chi connectivity index (χ4n) is 3.74. The number of likely N-dealkylation sites (tertiary alicyclic amines) is 1. The molecular formula is C20H23N3O2. The Balaban J connectivity index is 1.48. The van der Waals surface area contributed by atoms with Gasteiger partial charge in [-0.25, -0.2) is 0 Å². The van der Waals surface area contributed by atoms with E-state index < -0.39 is 0 Å². The maximum atomic E-state index is 12.6. The molecule has 2 aliphatic heterocycles. The second kappa shape index (κ2) is 6.75. The average Bonchev–Trinajstić information content (AvgIpc) is 3.31. The van der Waals surface area contributed by atoms with E-state index in [4.69, 9.17) is 0 Å². The summed E-state index contributed by atoms with van der Waals surface area (Å²) >= 11 is 0. The predicted octanol–water partition coefficient (Wildman–Crippen LogP) is 2.91. The quantitative estimate of drug-likeness (QED) is 0.904. The average molecular weight is 337 g/mol. The third-order valence-electron chi connectivity index (χ3n) is 5.25. The van der Waals surface area contributed by atoms with Crippen LogP contribution in [0.3, 0.4) is 0 Å². The van der Waals surface area contributed by atoms with Gasteiger partial charge in [0, 0.05) is 38.2 Å². The van der Waals surface area contributed by atoms with Crippen LogP contribution < -0.4 is 5.32 Å². The molecule has 2 amide bonds. The number of nitrogens with one attached hydrogen (secondary N) is 2. The van der Waals surface area contributed by atoms with E-state index in [1.54, 1.807) is 0 Å². The standard InChI is InChI=1S/C20H23N3O2/c24-19-11-17(13-22-19)15-6-4-14(5-7-15)16-10-18(21-12-16)20(25)23-8-2-1-3-9-23/h4-7,10,12,17,21H,1-3,8-9,11,13H2,(H,22,24). The van der Waals surface area contributed by atoms with Gasteiger partial charge in [-0.2, -0.15) is 0 Å². The number of hydrogen-bond donors (Lipinski definition) is 2. The Morgan fingerprint density at radius 3 is 2.48 bits per heavy atom. The lowest BCUT2D eigenvalue weighted by atomic mass is 9.96. The normalized spacial score (nSPS) is 20.6. The van der Waals surface area contributed by atoms with Crippen LogP contribution in [0.15, 0.2) is 36.5 Å². The third-order valence-corrected chi connectivity index (χ3v) is 5.25. The number of aromatic amines is 1. The Bertz CT molecular complexity index is 772. The maximum Gasteiger partial charge on any atom is 0.270 e. The van der Waals surface area contributed by atoms with Gasteiger partial charge in [0.25, 0.3) is 5.91 Å². The van der Waals surface area contributed by atoms with Gasteiger partial charge >= 0.3 is 0 Å². The summed E-state index contributed by atoms with van der Waals surface area (Å²) in [6, 6.07) is 10.2. The molecule has 5 nitrogen and oxygen atoms in total. The molecule has 2 fully saturated rings. The second-order valence-electron chi connectivity index (χ2n) is 6.98. The first kappa shape index (κ1) is 15.9. The number of rotatable bonds is 3. The summed E-state index contributed by atoms with van der Waals surface area (Å²) in [7, 11) is 0. The van der Waals surface area contributed by atoms with Crippen LogP contribution in [0.5, 0.6) is 0 Å². The van der Waals surface area contributed by atoms with E-state index in [1.807, 2.05) is 17.2 Å². The molecule has 2 aliphatic rings. The van der Waals surface area contributed by atoms with Crippen LogP contribution in [-0.2, 0) is 4.79 Å². The molecule has 1 unspecified atom stereocenters. The van der Waals surface area contributed by atoms with Crippen LogP contribution in [0, 0.1) is 0 Å². The smallest absolute Gasteiger partial charge is 0.270 e. The van der Waals surface area contributed by atoms with Crippen LogP contribution in [-0.4, -0.2) is 41.3 Å². The van der Waals surface area contributed by atoms with E-state index in [2.05, 4.69) is 34.6 Å². The molecule has 1 aromatic carbocycles. The Labute approximate surface area is 147 Å². The van der Waals surface area contributed by atoms with Gasteiger partial charge in [0.15, 0.2) is 0 Å². The van der Waals surface area contributed by atoms with E-state index in [0.717, 1.165) is 43.6 Å². The van der Waals surface area contributed by atoms with Crippen molar-refractivity contribution in [2.75, 3.05) is 19.6 Å². The first-order valence-corrected chi connectivity index (χ1v) is 9.05. The summed E-state index contributed by atoms with van der Waals surface area (Å²) in [6.45, 7) is 2.43. The van der Waals surface area contributed by atoms with Crippen molar-refractivity contribution in [3.63, 3.8) is 0 Å². The van der Waals surface area contributed by atoms with Crippen molar-refractivity contribution in [3.8, 4) is 11.1 Å². The van der Waals surface area contributed by atoms with E-state index in [1.165, 1.54) is 12.0 Å². The molecule has 2 N–H and O–H groups in total. The lowest BCUT2D eigenvalue weighted by Gasteiger charge is -2.26. The Kier molecular flexibility index (Phi) is 4.30. The van der Waals surface area contributed by atoms with Crippen molar-refractivity contribution < 1.29 is 9.59 Å². The van der Waals surface area contributed by atoms with Crippen molar-refractivity contribution in [1.82, 2.24) is 15.2 Å². The van der Waals surface area contributed by atoms with Gasteiger partial charge in [0.1, 0.15) is 5.69 Å². The van der Waals surface area contributed by atoms with Gasteiger partial charge < -0.3 is 15.2 Å². The van der Waals surface area contributed by atoms with Crippen LogP contribution in [0.4, 0.5) is 0 Å². The summed E-state index contributed by atoms with van der Waals surface area (Å²) in [5.74, 6) is 0.489. The highest BCUT2D eigenvalue weighted by Crippen LogP contribution is 2.27. The van der Waals surface area contributed by atoms with Gasteiger partial charge in [-0.1, -0.05) is 24.3 Å². The molecule has 0 bridgehead atoms. The van der Waals surface area contributed by atoms with Gasteiger partial charge in [0.2, 0.25) is 5.91 Å². The van der Waals surface area contributed by atoms with Gasteiger partial charge in [0.05, 0.1) is 0 Å². The molecule has 0 saturated carbocycles. The van der Waals surface area contributed by atoms with Crippen LogP contribution in [0.1, 0.15) is 47.7 Å². The van der Waals surface area contributed by atoms with E-state index >= 15 is 0 Å². The van der Waals surface area contributed by atoms with E-state index in [-0.39, 0.29) is 17.7 Å². The van der Waals surface area contributed by atoms with Crippen LogP contribution in [0.2, 0.25) is 0 Å². The molecule has 0 radical (unpaired) electrons. The van der Waals surface area contributed by atoms with E-state index in [9.17, 15) is 9.59 Å². The largest absolute Gasteiger partial charge is 0.357 e. The fraction of sp³-hybridized carbons (Fsp3) is 0.400. The summed E-state index contributed by atoms with van der Waals surface area (Å²) in [6.07, 6.45) is 5.87. The Morgan fingerprint density at radius 1 is 1.04 bits per heavy atom. The number of hydrogen-bond acceptors (Lipinski definition) is 2. The van der Waals surface area contributed by atoms with Gasteiger partial charge in [-0.3, -0.25) is 9.59 Å². The van der Waals surface area contributed by atoms with Gasteiger partial charge in [-0.05, 0) is 42.0 Å². The highest BCUT2D eigenvalue weighted by atomic mass is 16.2. The highest BCUT2D eigenvalue weighted by molar-refractivity contribution is 5.94. The highest BCUT2D eigenvalue weighted by Gasteiger charge is 2.23. The zero-order valence-corrected chi connectivity index (χ0v) is 14.3. The summed E-state index contributed by atoms with van der Waals surface area (Å²) in [4.78, 5) is 29.0. The minimum atomic E-state index is 0.0955. The number of H-pyrrole nitrogens is 1. The number of piperidine rings is 1. The molecule has 2 saturated heterocycles. The number of amides is 2. The molecule has 130 valence electrons. The third kappa shape index (κ3) is 3.31. The molecule has 1 atom stereocenters. The summed E-state index contributed by atoms with van der Waals surface area (Å²) in [5, 5.41) is 2.88. The monoisotopic (exact) mass is 337 g/mol. The van der Waals surface area contributed by atoms with E-state index in [0.29, 0.717) is 12.1 Å². The summed E-state index contributed by atoms with van der Waals surface area (Å²) in [5.41, 5.74) is 3.94. The molecule has 0 aliphatic carbocycles. The number of carbonyl (C=O) groups is 2. The van der Waals surface area contributed by atoms with Crippen LogP contribution >= 0.6 is 0 Å². The Hall–Kier alpha value is -2.56. The second-order valence-corrected chi connectivity index (χ2v) is 6.98. The number of nitrogens with zero attached hydrogens (tertiary/aromatic N) is 1. The minimum absolute atomic E-state index is 0.0955. The maximum absolute atomic E-state index is 12.6. The van der Waals surface area contributed by atoms with Gasteiger partial charge in [-0.15, -0.1) is 0 Å². The molecule has 0 spiro atoms. The molecule has 4 rings (SSSR count). The fourth-order valence-corrected chi connectivity index (χ4v) is 3.74. The van der Waals surface area contributed by atoms with Crippen molar-refractivity contribution in [3.05, 3.63) is 47.8 Å². The lowest BCUT2D eigenvalue weighted by Crippen LogP contribution is -2.35. The molecular weight excluding hydrogens is 314 g/mol. The number of benzene rings is 1. The van der Waals surface area contributed by atoms with Crippen LogP contribution in [0.25, 0.3) is 11.1 Å². The topological polar surface area (TPSA) is 65.2 Å². The Morgan fingerprint density at radius 2 is 1.80 bits per heavy atom. The van der Waals surface area contributed by atoms with Crippen molar-refractivity contribution in [2.24, 2.45) is 0 Å². The lowest BCUT2D eigenvalue weighted by molar-refractivity contribution is -0.119. The van der Waals surface area contributed by atoms with Crippen molar-refractivity contribution in [1.29, 1.82) is 0 Å². The number of carbonyl (C=O) groups excluding carboxylic acids is 2. The molecule has 5 heteroatoms. The first-order chi connectivity index (χ1) is 12.2. The molecule has 2 aromatic rings. The van der Waals surface area contributed by atoms with Crippen molar-refractivity contribution >= 4 is 11.8 Å². The number of aromatic nitrogens is 1. The zero-order chi connectivity index (χ0) is 17.2. The first-order valence-electron chi connectivity index (χ1n) is 9.05. The molecule has 3 heterocycles.